The molecule has 1 aliphatic heterocycles. The van der Waals surface area contributed by atoms with Crippen LogP contribution in [0.4, 0.5) is 0 Å². The Bertz CT molecular complexity index is 816. The zero-order valence-electron chi connectivity index (χ0n) is 13.0. The van der Waals surface area contributed by atoms with Gasteiger partial charge in [-0.15, -0.1) is 0 Å². The van der Waals surface area contributed by atoms with Crippen LogP contribution in [-0.2, 0) is 10.9 Å². The molecule has 1 aliphatic rings. The summed E-state index contributed by atoms with van der Waals surface area (Å²) in [4.78, 5) is 11.0. The average molecular weight is 334 g/mol. The highest BCUT2D eigenvalue weighted by atomic mass is 32.2. The number of benzene rings is 3. The summed E-state index contributed by atoms with van der Waals surface area (Å²) in [6.07, 6.45) is 0. The molecule has 0 bridgehead atoms. The Morgan fingerprint density at radius 3 is 2.00 bits per heavy atom. The molecule has 3 heteroatoms. The second kappa shape index (κ2) is 6.17. The molecule has 3 unspecified atom stereocenters. The van der Waals surface area contributed by atoms with Gasteiger partial charge in [0, 0.05) is 11.1 Å². The average Bonchev–Trinajstić information content (AvgIpc) is 3.38. The Morgan fingerprint density at radius 2 is 1.33 bits per heavy atom. The molecule has 3 atom stereocenters. The van der Waals surface area contributed by atoms with Crippen LogP contribution in [0, 0.1) is 0 Å². The van der Waals surface area contributed by atoms with Gasteiger partial charge in [0.05, 0.1) is 10.9 Å². The summed E-state index contributed by atoms with van der Waals surface area (Å²) in [5, 5.41) is 10.3. The van der Waals surface area contributed by atoms with E-state index in [2.05, 4.69) is 48.5 Å². The number of carboxylic acids is 1. The highest BCUT2D eigenvalue weighted by Gasteiger charge is 2.66. The summed E-state index contributed by atoms with van der Waals surface area (Å²) in [7, 11) is 0.0311. The maximum Gasteiger partial charge on any atom is 0.515 e. The molecule has 1 heterocycles. The number of carboxylic acid groups (broad SMARTS) is 1. The van der Waals surface area contributed by atoms with E-state index in [0.29, 0.717) is 10.8 Å². The monoisotopic (exact) mass is 334 g/mol. The highest BCUT2D eigenvalue weighted by Crippen LogP contribution is 2.64. The van der Waals surface area contributed by atoms with Crippen LogP contribution >= 0.6 is 0 Å². The minimum atomic E-state index is -0.596. The summed E-state index contributed by atoms with van der Waals surface area (Å²) < 4.78 is 0. The van der Waals surface area contributed by atoms with Crippen LogP contribution in [-0.4, -0.2) is 15.9 Å². The zero-order chi connectivity index (χ0) is 16.5. The third-order valence-electron chi connectivity index (χ3n) is 4.40. The largest absolute Gasteiger partial charge is 0.515 e. The second-order valence-corrected chi connectivity index (χ2v) is 8.08. The Morgan fingerprint density at radius 1 is 0.750 bits per heavy atom. The minimum absolute atomic E-state index is 0.0311. The van der Waals surface area contributed by atoms with E-state index in [1.807, 2.05) is 30.3 Å². The van der Waals surface area contributed by atoms with Gasteiger partial charge in [-0.25, -0.2) is 0 Å². The topological polar surface area (TPSA) is 41.6 Å². The van der Waals surface area contributed by atoms with Gasteiger partial charge in [-0.1, -0.05) is 66.7 Å². The summed E-state index contributed by atoms with van der Waals surface area (Å²) in [6.45, 7) is 0. The summed E-state index contributed by atoms with van der Waals surface area (Å²) in [5.41, 5.74) is 2.86. The van der Waals surface area contributed by atoms with Gasteiger partial charge in [-0.05, 0) is 18.2 Å². The Balaban J connectivity index is 1.80. The van der Waals surface area contributed by atoms with Crippen molar-refractivity contribution in [1.82, 2.24) is 0 Å². The molecule has 0 aromatic heterocycles. The quantitative estimate of drug-likeness (QED) is 0.551. The first-order chi connectivity index (χ1) is 11.8. The van der Waals surface area contributed by atoms with Crippen LogP contribution < -0.4 is 0 Å². The molecule has 0 saturated carbocycles. The fraction of sp³-hybridized carbons (Fsp3) is 0.0952. The lowest BCUT2D eigenvalue weighted by Gasteiger charge is -1.97. The zero-order valence-corrected chi connectivity index (χ0v) is 13.9. The first-order valence-corrected chi connectivity index (χ1v) is 9.28. The van der Waals surface area contributed by atoms with Crippen molar-refractivity contribution in [3.63, 3.8) is 0 Å². The van der Waals surface area contributed by atoms with E-state index in [-0.39, 0.29) is 16.1 Å². The van der Waals surface area contributed by atoms with E-state index in [4.69, 9.17) is 0 Å². The van der Waals surface area contributed by atoms with Gasteiger partial charge in [0.25, 0.3) is 0 Å². The fourth-order valence-electron chi connectivity index (χ4n) is 3.29. The molecule has 3 aromatic carbocycles. The van der Waals surface area contributed by atoms with Gasteiger partial charge < -0.3 is 9.90 Å². The van der Waals surface area contributed by atoms with Crippen molar-refractivity contribution in [2.75, 3.05) is 0 Å². The maximum absolute atomic E-state index is 9.67. The van der Waals surface area contributed by atoms with Crippen molar-refractivity contribution in [2.24, 2.45) is 0 Å². The first-order valence-electron chi connectivity index (χ1n) is 7.93. The summed E-state index contributed by atoms with van der Waals surface area (Å²) >= 11 is 0. The third-order valence-corrected chi connectivity index (χ3v) is 7.06. The van der Waals surface area contributed by atoms with Crippen molar-refractivity contribution >= 4 is 16.9 Å². The molecule has 4 rings (SSSR count). The SMILES string of the molecule is OC(=[OH+])c1ccccc1C1C(c2ccccc2)[S+]1c1ccccc1. The predicted molar refractivity (Wildman–Crippen MR) is 99.1 cm³/mol. The third kappa shape index (κ3) is 2.61. The first kappa shape index (κ1) is 15.0. The Labute approximate surface area is 144 Å². The van der Waals surface area contributed by atoms with Gasteiger partial charge in [0.15, 0.2) is 4.90 Å². The molecule has 3 aromatic rings. The predicted octanol–water partition coefficient (Wildman–Crippen LogP) is 4.57. The van der Waals surface area contributed by atoms with Crippen molar-refractivity contribution in [2.45, 2.75) is 15.4 Å². The van der Waals surface area contributed by atoms with Crippen LogP contribution in [0.25, 0.3) is 0 Å². The summed E-state index contributed by atoms with van der Waals surface area (Å²) in [6, 6.07) is 28.6. The number of aromatic carboxylic acids is 1. The molecule has 1 saturated heterocycles. The van der Waals surface area contributed by atoms with E-state index in [0.717, 1.165) is 5.56 Å². The Hall–Kier alpha value is -2.52. The lowest BCUT2D eigenvalue weighted by molar-refractivity contribution is 0.463. The van der Waals surface area contributed by atoms with Gasteiger partial charge in [-0.3, -0.25) is 0 Å². The second-order valence-electron chi connectivity index (χ2n) is 5.85. The van der Waals surface area contributed by atoms with E-state index < -0.39 is 5.97 Å². The minimum Gasteiger partial charge on any atom is -0.335 e. The molecule has 0 aliphatic carbocycles. The van der Waals surface area contributed by atoms with Crippen molar-refractivity contribution < 1.29 is 9.90 Å². The van der Waals surface area contributed by atoms with Crippen LogP contribution in [0.15, 0.2) is 89.8 Å². The molecule has 2 nitrogen and oxygen atoms in total. The van der Waals surface area contributed by atoms with Crippen molar-refractivity contribution in [3.05, 3.63) is 102 Å². The molecular weight excluding hydrogens is 316 g/mol. The van der Waals surface area contributed by atoms with Crippen LogP contribution in [0.1, 0.15) is 27.2 Å². The molecule has 118 valence electrons. The van der Waals surface area contributed by atoms with Gasteiger partial charge in [0.2, 0.25) is 10.5 Å². The number of hydrogen-bond donors (Lipinski definition) is 1. The lowest BCUT2D eigenvalue weighted by Crippen LogP contribution is -2.03. The molecule has 0 amide bonds. The van der Waals surface area contributed by atoms with Crippen LogP contribution in [0.2, 0.25) is 0 Å². The van der Waals surface area contributed by atoms with Crippen molar-refractivity contribution in [1.29, 1.82) is 0 Å². The molecule has 0 spiro atoms. The van der Waals surface area contributed by atoms with E-state index >= 15 is 0 Å². The van der Waals surface area contributed by atoms with Gasteiger partial charge in [0.1, 0.15) is 5.56 Å². The highest BCUT2D eigenvalue weighted by molar-refractivity contribution is 8.04. The fourth-order valence-corrected chi connectivity index (χ4v) is 6.17. The van der Waals surface area contributed by atoms with E-state index in [1.54, 1.807) is 6.07 Å². The molecule has 0 radical (unpaired) electrons. The van der Waals surface area contributed by atoms with Crippen LogP contribution in [0.5, 0.6) is 0 Å². The molecule has 1 fully saturated rings. The number of rotatable bonds is 4. The Kier molecular flexibility index (Phi) is 3.87. The molecular formula is C21H18O2S+2. The van der Waals surface area contributed by atoms with Gasteiger partial charge >= 0.3 is 5.97 Å². The normalized spacial score (nSPS) is 22.1. The number of hydrogen-bond acceptors (Lipinski definition) is 0. The number of aliphatic hydroxyl groups excluding tert-OH is 1. The molecule has 2 N–H and O–H groups in total. The lowest BCUT2D eigenvalue weighted by atomic mass is 10.00. The van der Waals surface area contributed by atoms with Crippen molar-refractivity contribution in [3.8, 4) is 0 Å². The van der Waals surface area contributed by atoms with Crippen LogP contribution in [0.3, 0.4) is 0 Å². The maximum atomic E-state index is 9.67. The summed E-state index contributed by atoms with van der Waals surface area (Å²) in [5.74, 6) is -0.596. The standard InChI is InChI=1S/C21H16O2S/c22-21(23)18-14-8-7-13-17(18)20-19(15-9-3-1-4-10-15)24(20)16-11-5-2-6-12-16/h1-14,19-20H/p+2. The smallest absolute Gasteiger partial charge is 0.335 e. The van der Waals surface area contributed by atoms with E-state index in [1.165, 1.54) is 10.5 Å². The molecule has 24 heavy (non-hydrogen) atoms. The van der Waals surface area contributed by atoms with E-state index in [9.17, 15) is 9.90 Å². The van der Waals surface area contributed by atoms with Gasteiger partial charge in [-0.2, -0.15) is 0 Å².